The highest BCUT2D eigenvalue weighted by molar-refractivity contribution is 5.83. The summed E-state index contributed by atoms with van der Waals surface area (Å²) in [5.74, 6) is -0.684. The zero-order chi connectivity index (χ0) is 18.4. The second-order valence-electron chi connectivity index (χ2n) is 6.33. The molecule has 0 fully saturated rings. The van der Waals surface area contributed by atoms with E-state index in [1.54, 1.807) is 18.0 Å². The second kappa shape index (κ2) is 8.46. The van der Waals surface area contributed by atoms with E-state index in [4.69, 9.17) is 4.74 Å². The summed E-state index contributed by atoms with van der Waals surface area (Å²) in [7, 11) is 0. The number of esters is 1. The minimum atomic E-state index is -0.838. The van der Waals surface area contributed by atoms with Crippen molar-refractivity contribution in [1.82, 2.24) is 14.7 Å². The molecule has 0 bridgehead atoms. The van der Waals surface area contributed by atoms with Crippen molar-refractivity contribution in [2.45, 2.75) is 52.9 Å². The van der Waals surface area contributed by atoms with Gasteiger partial charge in [0, 0.05) is 18.8 Å². The Morgan fingerprint density at radius 3 is 2.40 bits per heavy atom. The number of ether oxygens (including phenoxy) is 1. The molecule has 1 heterocycles. The summed E-state index contributed by atoms with van der Waals surface area (Å²) in [6, 6.07) is 11.6. The van der Waals surface area contributed by atoms with Crippen LogP contribution in [0.3, 0.4) is 0 Å². The highest BCUT2D eigenvalue weighted by atomic mass is 16.5. The SMILES string of the molecule is Cc1ccn(CC(=O)OC(C)C(=O)N(Cc2ccccc2)C(C)C)n1. The Labute approximate surface area is 148 Å². The molecule has 1 unspecified atom stereocenters. The summed E-state index contributed by atoms with van der Waals surface area (Å²) in [5, 5.41) is 4.14. The molecule has 2 aromatic rings. The molecular weight excluding hydrogens is 318 g/mol. The fraction of sp³-hybridized carbons (Fsp3) is 0.421. The van der Waals surface area contributed by atoms with Gasteiger partial charge in [0.15, 0.2) is 6.10 Å². The van der Waals surface area contributed by atoms with E-state index in [1.807, 2.05) is 57.2 Å². The molecule has 134 valence electrons. The Balaban J connectivity index is 1.96. The number of hydrogen-bond donors (Lipinski definition) is 0. The van der Waals surface area contributed by atoms with Gasteiger partial charge in [0.25, 0.3) is 5.91 Å². The second-order valence-corrected chi connectivity index (χ2v) is 6.33. The van der Waals surface area contributed by atoms with E-state index in [0.29, 0.717) is 6.54 Å². The van der Waals surface area contributed by atoms with Crippen LogP contribution in [0.4, 0.5) is 0 Å². The summed E-state index contributed by atoms with van der Waals surface area (Å²) in [6.45, 7) is 7.82. The fourth-order valence-corrected chi connectivity index (χ4v) is 2.50. The lowest BCUT2D eigenvalue weighted by Crippen LogP contribution is -2.43. The van der Waals surface area contributed by atoms with Gasteiger partial charge in [-0.1, -0.05) is 30.3 Å². The van der Waals surface area contributed by atoms with Crippen LogP contribution >= 0.6 is 0 Å². The summed E-state index contributed by atoms with van der Waals surface area (Å²) in [6.07, 6.45) is 0.870. The van der Waals surface area contributed by atoms with Gasteiger partial charge < -0.3 is 9.64 Å². The van der Waals surface area contributed by atoms with Crippen molar-refractivity contribution in [2.75, 3.05) is 0 Å². The van der Waals surface area contributed by atoms with Crippen LogP contribution in [0.5, 0.6) is 0 Å². The van der Waals surface area contributed by atoms with Gasteiger partial charge in [-0.05, 0) is 39.3 Å². The zero-order valence-electron chi connectivity index (χ0n) is 15.2. The molecule has 2 rings (SSSR count). The van der Waals surface area contributed by atoms with Gasteiger partial charge >= 0.3 is 5.97 Å². The van der Waals surface area contributed by atoms with Gasteiger partial charge in [0.2, 0.25) is 0 Å². The van der Waals surface area contributed by atoms with Gasteiger partial charge in [-0.2, -0.15) is 5.10 Å². The molecule has 6 nitrogen and oxygen atoms in total. The smallest absolute Gasteiger partial charge is 0.328 e. The topological polar surface area (TPSA) is 64.4 Å². The number of carbonyl (C=O) groups is 2. The average Bonchev–Trinajstić information content (AvgIpc) is 2.97. The first kappa shape index (κ1) is 18.7. The lowest BCUT2D eigenvalue weighted by molar-refractivity contribution is -0.161. The van der Waals surface area contributed by atoms with E-state index >= 15 is 0 Å². The number of nitrogens with zero attached hydrogens (tertiary/aromatic N) is 3. The monoisotopic (exact) mass is 343 g/mol. The molecule has 1 aromatic heterocycles. The van der Waals surface area contributed by atoms with Crippen LogP contribution in [0.2, 0.25) is 0 Å². The molecule has 6 heteroatoms. The van der Waals surface area contributed by atoms with E-state index < -0.39 is 12.1 Å². The maximum absolute atomic E-state index is 12.7. The van der Waals surface area contributed by atoms with E-state index in [9.17, 15) is 9.59 Å². The molecule has 1 aromatic carbocycles. The van der Waals surface area contributed by atoms with E-state index in [0.717, 1.165) is 11.3 Å². The predicted octanol–water partition coefficient (Wildman–Crippen LogP) is 2.56. The molecule has 25 heavy (non-hydrogen) atoms. The van der Waals surface area contributed by atoms with Gasteiger partial charge in [-0.3, -0.25) is 14.3 Å². The summed E-state index contributed by atoms with van der Waals surface area (Å²) in [4.78, 5) is 26.5. The number of carbonyl (C=O) groups excluding carboxylic acids is 2. The lowest BCUT2D eigenvalue weighted by Gasteiger charge is -2.29. The van der Waals surface area contributed by atoms with Crippen molar-refractivity contribution >= 4 is 11.9 Å². The normalized spacial score (nSPS) is 12.0. The van der Waals surface area contributed by atoms with Crippen LogP contribution in [-0.2, 0) is 27.4 Å². The summed E-state index contributed by atoms with van der Waals surface area (Å²) in [5.41, 5.74) is 1.86. The first-order valence-corrected chi connectivity index (χ1v) is 8.40. The Morgan fingerprint density at radius 1 is 1.16 bits per heavy atom. The van der Waals surface area contributed by atoms with Crippen LogP contribution in [0.1, 0.15) is 32.0 Å². The molecule has 0 saturated carbocycles. The fourth-order valence-electron chi connectivity index (χ4n) is 2.50. The van der Waals surface area contributed by atoms with Gasteiger partial charge in [-0.15, -0.1) is 0 Å². The third-order valence-corrected chi connectivity index (χ3v) is 3.82. The molecular formula is C19H25N3O3. The highest BCUT2D eigenvalue weighted by Gasteiger charge is 2.26. The Hall–Kier alpha value is -2.63. The Kier molecular flexibility index (Phi) is 6.33. The van der Waals surface area contributed by atoms with Crippen LogP contribution in [0, 0.1) is 6.92 Å². The van der Waals surface area contributed by atoms with Crippen LogP contribution in [0.25, 0.3) is 0 Å². The molecule has 0 spiro atoms. The Bertz CT molecular complexity index is 710. The van der Waals surface area contributed by atoms with E-state index in [1.165, 1.54) is 4.68 Å². The van der Waals surface area contributed by atoms with Crippen molar-refractivity contribution in [3.63, 3.8) is 0 Å². The van der Waals surface area contributed by atoms with Crippen molar-refractivity contribution in [1.29, 1.82) is 0 Å². The average molecular weight is 343 g/mol. The maximum Gasteiger partial charge on any atom is 0.328 e. The number of amides is 1. The number of hydrogen-bond acceptors (Lipinski definition) is 4. The largest absolute Gasteiger partial charge is 0.451 e. The molecule has 0 aliphatic rings. The number of benzene rings is 1. The molecule has 0 aliphatic heterocycles. The van der Waals surface area contributed by atoms with Gasteiger partial charge in [0.05, 0.1) is 5.69 Å². The number of rotatable bonds is 7. The maximum atomic E-state index is 12.7. The third-order valence-electron chi connectivity index (χ3n) is 3.82. The molecule has 1 amide bonds. The highest BCUT2D eigenvalue weighted by Crippen LogP contribution is 2.11. The van der Waals surface area contributed by atoms with Crippen LogP contribution in [-0.4, -0.2) is 38.7 Å². The van der Waals surface area contributed by atoms with Crippen LogP contribution in [0.15, 0.2) is 42.6 Å². The van der Waals surface area contributed by atoms with Gasteiger partial charge in [-0.25, -0.2) is 0 Å². The van der Waals surface area contributed by atoms with E-state index in [2.05, 4.69) is 5.10 Å². The van der Waals surface area contributed by atoms with E-state index in [-0.39, 0.29) is 18.5 Å². The van der Waals surface area contributed by atoms with Crippen molar-refractivity contribution in [3.8, 4) is 0 Å². The standard InChI is InChI=1S/C19H25N3O3/c1-14(2)22(12-17-8-6-5-7-9-17)19(24)16(4)25-18(23)13-21-11-10-15(3)20-21/h5-11,14,16H,12-13H2,1-4H3. The molecule has 0 radical (unpaired) electrons. The molecule has 1 atom stereocenters. The molecule has 0 aliphatic carbocycles. The summed E-state index contributed by atoms with van der Waals surface area (Å²) < 4.78 is 6.80. The molecule has 0 saturated heterocycles. The first-order chi connectivity index (χ1) is 11.9. The predicted molar refractivity (Wildman–Crippen MR) is 94.6 cm³/mol. The number of aryl methyl sites for hydroxylation is 1. The summed E-state index contributed by atoms with van der Waals surface area (Å²) >= 11 is 0. The van der Waals surface area contributed by atoms with Crippen molar-refractivity contribution in [2.24, 2.45) is 0 Å². The van der Waals surface area contributed by atoms with Crippen molar-refractivity contribution < 1.29 is 14.3 Å². The lowest BCUT2D eigenvalue weighted by atomic mass is 10.1. The first-order valence-electron chi connectivity index (χ1n) is 8.40. The Morgan fingerprint density at radius 2 is 1.84 bits per heavy atom. The van der Waals surface area contributed by atoms with Crippen molar-refractivity contribution in [3.05, 3.63) is 53.9 Å². The van der Waals surface area contributed by atoms with Crippen LogP contribution < -0.4 is 0 Å². The third kappa shape index (κ3) is 5.45. The minimum absolute atomic E-state index is 0.00243. The quantitative estimate of drug-likeness (QED) is 0.725. The molecule has 0 N–H and O–H groups in total. The number of aromatic nitrogens is 2. The zero-order valence-corrected chi connectivity index (χ0v) is 15.2. The van der Waals surface area contributed by atoms with Gasteiger partial charge in [0.1, 0.15) is 6.54 Å². The minimum Gasteiger partial charge on any atom is -0.451 e.